The average molecular weight is 418 g/mol. The van der Waals surface area contributed by atoms with Crippen LogP contribution in [0.3, 0.4) is 0 Å². The zero-order valence-corrected chi connectivity index (χ0v) is 14.7. The standard InChI is InChI=1S/C16H11BrF3NO2S/c1-10-2-5-12(6-3-10)24(22,23)21-9-14(17)13-7-4-11(8-15(13)21)16(18,19)20/h2-9H,1H3. The van der Waals surface area contributed by atoms with Gasteiger partial charge in [0.15, 0.2) is 0 Å². The van der Waals surface area contributed by atoms with Crippen molar-refractivity contribution in [2.24, 2.45) is 0 Å². The van der Waals surface area contributed by atoms with Crippen LogP contribution < -0.4 is 0 Å². The highest BCUT2D eigenvalue weighted by Crippen LogP contribution is 2.35. The van der Waals surface area contributed by atoms with Gasteiger partial charge in [-0.25, -0.2) is 12.4 Å². The van der Waals surface area contributed by atoms with Crippen molar-refractivity contribution in [2.75, 3.05) is 0 Å². The highest BCUT2D eigenvalue weighted by molar-refractivity contribution is 9.10. The van der Waals surface area contributed by atoms with E-state index in [2.05, 4.69) is 15.9 Å². The summed E-state index contributed by atoms with van der Waals surface area (Å²) in [5.74, 6) is 0. The van der Waals surface area contributed by atoms with E-state index >= 15 is 0 Å². The predicted octanol–water partition coefficient (Wildman–Crippen LogP) is 4.97. The van der Waals surface area contributed by atoms with Gasteiger partial charge >= 0.3 is 6.18 Å². The molecule has 3 aromatic rings. The lowest BCUT2D eigenvalue weighted by atomic mass is 10.1. The van der Waals surface area contributed by atoms with Gasteiger partial charge in [0.25, 0.3) is 10.0 Å². The van der Waals surface area contributed by atoms with Crippen LogP contribution in [0.1, 0.15) is 11.1 Å². The smallest absolute Gasteiger partial charge is 0.240 e. The number of nitrogens with zero attached hydrogens (tertiary/aromatic N) is 1. The second kappa shape index (κ2) is 5.63. The lowest BCUT2D eigenvalue weighted by molar-refractivity contribution is -0.137. The van der Waals surface area contributed by atoms with Crippen molar-refractivity contribution in [3.8, 4) is 0 Å². The largest absolute Gasteiger partial charge is 0.416 e. The number of aromatic nitrogens is 1. The maximum atomic E-state index is 12.9. The van der Waals surface area contributed by atoms with Crippen LogP contribution in [0.15, 0.2) is 58.0 Å². The zero-order chi connectivity index (χ0) is 17.7. The Bertz CT molecular complexity index is 1020. The molecule has 0 unspecified atom stereocenters. The summed E-state index contributed by atoms with van der Waals surface area (Å²) >= 11 is 3.20. The second-order valence-electron chi connectivity index (χ2n) is 5.32. The first kappa shape index (κ1) is 17.0. The Kier molecular flexibility index (Phi) is 4.00. The molecular formula is C16H11BrF3NO2S. The van der Waals surface area contributed by atoms with Gasteiger partial charge in [-0.1, -0.05) is 23.8 Å². The number of hydrogen-bond donors (Lipinski definition) is 0. The molecule has 126 valence electrons. The van der Waals surface area contributed by atoms with Gasteiger partial charge in [0.1, 0.15) is 0 Å². The fraction of sp³-hybridized carbons (Fsp3) is 0.125. The molecule has 8 heteroatoms. The molecule has 0 N–H and O–H groups in total. The number of aryl methyl sites for hydroxylation is 1. The number of rotatable bonds is 2. The van der Waals surface area contributed by atoms with E-state index in [1.54, 1.807) is 12.1 Å². The average Bonchev–Trinajstić information content (AvgIpc) is 2.84. The predicted molar refractivity (Wildman–Crippen MR) is 88.4 cm³/mol. The molecule has 0 bridgehead atoms. The van der Waals surface area contributed by atoms with Crippen molar-refractivity contribution in [1.29, 1.82) is 0 Å². The molecule has 3 rings (SSSR count). The first-order valence-corrected chi connectivity index (χ1v) is 9.04. The van der Waals surface area contributed by atoms with Gasteiger partial charge < -0.3 is 0 Å². The lowest BCUT2D eigenvalue weighted by Gasteiger charge is -2.10. The molecule has 0 aliphatic heterocycles. The van der Waals surface area contributed by atoms with Gasteiger partial charge in [0.2, 0.25) is 0 Å². The molecule has 1 aromatic heterocycles. The molecule has 0 aliphatic carbocycles. The monoisotopic (exact) mass is 417 g/mol. The lowest BCUT2D eigenvalue weighted by Crippen LogP contribution is -2.12. The van der Waals surface area contributed by atoms with Gasteiger partial charge in [-0.05, 0) is 47.1 Å². The van der Waals surface area contributed by atoms with Crippen LogP contribution in [0.2, 0.25) is 0 Å². The SMILES string of the molecule is Cc1ccc(S(=O)(=O)n2cc(Br)c3ccc(C(F)(F)F)cc32)cc1. The minimum Gasteiger partial charge on any atom is -0.240 e. The molecule has 0 aliphatic rings. The number of fused-ring (bicyclic) bond motifs is 1. The van der Waals surface area contributed by atoms with Crippen molar-refractivity contribution < 1.29 is 21.6 Å². The van der Waals surface area contributed by atoms with Crippen LogP contribution in [0, 0.1) is 6.92 Å². The molecular weight excluding hydrogens is 407 g/mol. The molecule has 2 aromatic carbocycles. The number of alkyl halides is 3. The van der Waals surface area contributed by atoms with Crippen LogP contribution >= 0.6 is 15.9 Å². The third-order valence-electron chi connectivity index (χ3n) is 3.63. The van der Waals surface area contributed by atoms with Crippen molar-refractivity contribution in [2.45, 2.75) is 18.0 Å². The van der Waals surface area contributed by atoms with Gasteiger partial charge in [-0.3, -0.25) is 0 Å². The van der Waals surface area contributed by atoms with E-state index < -0.39 is 21.8 Å². The molecule has 0 saturated heterocycles. The first-order chi connectivity index (χ1) is 11.1. The van der Waals surface area contributed by atoms with Crippen LogP contribution in [0.5, 0.6) is 0 Å². The molecule has 1 heterocycles. The highest BCUT2D eigenvalue weighted by Gasteiger charge is 2.32. The van der Waals surface area contributed by atoms with Crippen molar-refractivity contribution in [3.63, 3.8) is 0 Å². The molecule has 24 heavy (non-hydrogen) atoms. The van der Waals surface area contributed by atoms with E-state index in [1.165, 1.54) is 24.4 Å². The van der Waals surface area contributed by atoms with Crippen molar-refractivity contribution >= 4 is 36.9 Å². The first-order valence-electron chi connectivity index (χ1n) is 6.81. The van der Waals surface area contributed by atoms with Crippen molar-refractivity contribution in [1.82, 2.24) is 3.97 Å². The third-order valence-corrected chi connectivity index (χ3v) is 5.95. The molecule has 0 atom stereocenters. The third kappa shape index (κ3) is 2.84. The topological polar surface area (TPSA) is 39.1 Å². The molecule has 0 fully saturated rings. The molecule has 0 spiro atoms. The van der Waals surface area contributed by atoms with E-state index in [-0.39, 0.29) is 10.4 Å². The van der Waals surface area contributed by atoms with Crippen LogP contribution in [-0.2, 0) is 16.2 Å². The Balaban J connectivity index is 2.27. The Morgan fingerprint density at radius 1 is 1.04 bits per heavy atom. The maximum Gasteiger partial charge on any atom is 0.416 e. The minimum atomic E-state index is -4.55. The highest BCUT2D eigenvalue weighted by atomic mass is 79.9. The Hall–Kier alpha value is -1.80. The van der Waals surface area contributed by atoms with E-state index in [4.69, 9.17) is 0 Å². The summed E-state index contributed by atoms with van der Waals surface area (Å²) in [5.41, 5.74) is -0.0508. The van der Waals surface area contributed by atoms with E-state index in [9.17, 15) is 21.6 Å². The maximum absolute atomic E-state index is 12.9. The fourth-order valence-electron chi connectivity index (χ4n) is 2.36. The summed E-state index contributed by atoms with van der Waals surface area (Å²) < 4.78 is 65.7. The Labute approximate surface area is 144 Å². The van der Waals surface area contributed by atoms with Crippen LogP contribution in [0.4, 0.5) is 13.2 Å². The summed E-state index contributed by atoms with van der Waals surface area (Å²) in [4.78, 5) is 0.00918. The minimum absolute atomic E-state index is 0.00918. The molecule has 0 amide bonds. The van der Waals surface area contributed by atoms with Crippen LogP contribution in [-0.4, -0.2) is 12.4 Å². The fourth-order valence-corrected chi connectivity index (χ4v) is 4.39. The van der Waals surface area contributed by atoms with Crippen LogP contribution in [0.25, 0.3) is 10.9 Å². The van der Waals surface area contributed by atoms with Gasteiger partial charge in [-0.15, -0.1) is 0 Å². The Morgan fingerprint density at radius 2 is 1.67 bits per heavy atom. The number of benzene rings is 2. The number of halogens is 4. The quantitative estimate of drug-likeness (QED) is 0.590. The van der Waals surface area contributed by atoms with E-state index in [1.807, 2.05) is 6.92 Å². The van der Waals surface area contributed by atoms with Crippen molar-refractivity contribution in [3.05, 3.63) is 64.3 Å². The van der Waals surface area contributed by atoms with E-state index in [0.717, 1.165) is 21.7 Å². The second-order valence-corrected chi connectivity index (χ2v) is 7.99. The Morgan fingerprint density at radius 3 is 2.25 bits per heavy atom. The normalized spacial score (nSPS) is 12.7. The van der Waals surface area contributed by atoms with E-state index in [0.29, 0.717) is 9.86 Å². The zero-order valence-electron chi connectivity index (χ0n) is 12.3. The number of hydrogen-bond acceptors (Lipinski definition) is 2. The molecule has 0 radical (unpaired) electrons. The van der Waals surface area contributed by atoms with Gasteiger partial charge in [0.05, 0.1) is 16.0 Å². The summed E-state index contributed by atoms with van der Waals surface area (Å²) in [7, 11) is -4.00. The van der Waals surface area contributed by atoms with Gasteiger partial charge in [0, 0.05) is 16.1 Å². The summed E-state index contributed by atoms with van der Waals surface area (Å²) in [5, 5.41) is 0.388. The summed E-state index contributed by atoms with van der Waals surface area (Å²) in [6, 6.07) is 9.14. The molecule has 3 nitrogen and oxygen atoms in total. The summed E-state index contributed by atoms with van der Waals surface area (Å²) in [6.07, 6.45) is -3.29. The molecule has 0 saturated carbocycles. The van der Waals surface area contributed by atoms with Gasteiger partial charge in [-0.2, -0.15) is 13.2 Å². The summed E-state index contributed by atoms with van der Waals surface area (Å²) in [6.45, 7) is 1.81.